The fourth-order valence-electron chi connectivity index (χ4n) is 3.68. The molecule has 1 aromatic heterocycles. The molecule has 0 aromatic carbocycles. The van der Waals surface area contributed by atoms with Gasteiger partial charge >= 0.3 is 0 Å². The Morgan fingerprint density at radius 2 is 2.15 bits per heavy atom. The monoisotopic (exact) mass is 277 g/mol. The summed E-state index contributed by atoms with van der Waals surface area (Å²) in [6.45, 7) is 9.86. The Balaban J connectivity index is 2.07. The summed E-state index contributed by atoms with van der Waals surface area (Å²) in [5.41, 5.74) is 9.15. The molecular formula is C17H31N3. The average Bonchev–Trinajstić information content (AvgIpc) is 2.60. The molecule has 3 nitrogen and oxygen atoms in total. The minimum absolute atomic E-state index is 0.0248. The molecule has 3 heteroatoms. The number of hydrogen-bond donors (Lipinski definition) is 1. The second-order valence-electron chi connectivity index (χ2n) is 7.07. The van der Waals surface area contributed by atoms with Crippen molar-refractivity contribution < 1.29 is 0 Å². The molecule has 1 fully saturated rings. The first-order valence-electron chi connectivity index (χ1n) is 8.26. The average molecular weight is 277 g/mol. The highest BCUT2D eigenvalue weighted by molar-refractivity contribution is 5.13. The van der Waals surface area contributed by atoms with E-state index in [4.69, 9.17) is 5.73 Å². The van der Waals surface area contributed by atoms with Gasteiger partial charge in [-0.15, -0.1) is 0 Å². The fourth-order valence-corrected chi connectivity index (χ4v) is 3.68. The quantitative estimate of drug-likeness (QED) is 0.853. The van der Waals surface area contributed by atoms with Crippen LogP contribution in [0.2, 0.25) is 0 Å². The van der Waals surface area contributed by atoms with Crippen molar-refractivity contribution in [2.45, 2.75) is 78.3 Å². The summed E-state index contributed by atoms with van der Waals surface area (Å²) in [6.07, 6.45) is 7.20. The van der Waals surface area contributed by atoms with Gasteiger partial charge in [0.25, 0.3) is 0 Å². The summed E-state index contributed by atoms with van der Waals surface area (Å²) >= 11 is 0. The first-order valence-corrected chi connectivity index (χ1v) is 8.26. The van der Waals surface area contributed by atoms with Crippen molar-refractivity contribution in [3.63, 3.8) is 0 Å². The summed E-state index contributed by atoms with van der Waals surface area (Å²) in [5.74, 6) is 1.65. The summed E-state index contributed by atoms with van der Waals surface area (Å²) in [7, 11) is 0. The normalized spacial score (nSPS) is 27.8. The van der Waals surface area contributed by atoms with Gasteiger partial charge in [0.05, 0.1) is 5.69 Å². The molecule has 2 unspecified atom stereocenters. The van der Waals surface area contributed by atoms with Crippen molar-refractivity contribution in [3.8, 4) is 0 Å². The van der Waals surface area contributed by atoms with E-state index in [-0.39, 0.29) is 5.54 Å². The molecule has 1 saturated carbocycles. The Morgan fingerprint density at radius 3 is 2.80 bits per heavy atom. The second kappa shape index (κ2) is 6.30. The Kier molecular flexibility index (Phi) is 4.90. The molecule has 0 bridgehead atoms. The molecule has 0 radical (unpaired) electrons. The number of aryl methyl sites for hydroxylation is 2. The molecule has 1 aliphatic carbocycles. The van der Waals surface area contributed by atoms with Gasteiger partial charge in [-0.2, -0.15) is 5.10 Å². The largest absolute Gasteiger partial charge is 0.325 e. The molecule has 2 rings (SSSR count). The maximum absolute atomic E-state index is 6.75. The number of nitrogens with two attached hydrogens (primary N) is 1. The topological polar surface area (TPSA) is 43.8 Å². The lowest BCUT2D eigenvalue weighted by atomic mass is 9.84. The third-order valence-electron chi connectivity index (χ3n) is 5.02. The Labute approximate surface area is 123 Å². The lowest BCUT2D eigenvalue weighted by Gasteiger charge is -2.28. The van der Waals surface area contributed by atoms with Gasteiger partial charge < -0.3 is 5.73 Å². The SMILES string of the molecule is CCn1nc(C)cc1CC1(N)CCCC(C(C)C)CC1. The van der Waals surface area contributed by atoms with Gasteiger partial charge in [-0.25, -0.2) is 0 Å². The summed E-state index contributed by atoms with van der Waals surface area (Å²) in [5, 5.41) is 4.55. The van der Waals surface area contributed by atoms with Crippen LogP contribution in [0.5, 0.6) is 0 Å². The fraction of sp³-hybridized carbons (Fsp3) is 0.824. The van der Waals surface area contributed by atoms with Gasteiger partial charge in [-0.3, -0.25) is 4.68 Å². The zero-order chi connectivity index (χ0) is 14.8. The van der Waals surface area contributed by atoms with Crippen molar-refractivity contribution in [3.05, 3.63) is 17.5 Å². The number of hydrogen-bond acceptors (Lipinski definition) is 2. The number of rotatable bonds is 4. The minimum Gasteiger partial charge on any atom is -0.325 e. The first-order chi connectivity index (χ1) is 9.43. The highest BCUT2D eigenvalue weighted by Gasteiger charge is 2.31. The predicted octanol–water partition coefficient (Wildman–Crippen LogP) is 3.69. The lowest BCUT2D eigenvalue weighted by molar-refractivity contribution is 0.318. The van der Waals surface area contributed by atoms with Gasteiger partial charge in [0, 0.05) is 24.2 Å². The second-order valence-corrected chi connectivity index (χ2v) is 7.07. The minimum atomic E-state index is -0.0248. The van der Waals surface area contributed by atoms with E-state index in [1.54, 1.807) is 0 Å². The predicted molar refractivity (Wildman–Crippen MR) is 84.7 cm³/mol. The van der Waals surface area contributed by atoms with E-state index in [0.29, 0.717) is 0 Å². The smallest absolute Gasteiger partial charge is 0.0596 e. The highest BCUT2D eigenvalue weighted by Crippen LogP contribution is 2.34. The van der Waals surface area contributed by atoms with Crippen LogP contribution < -0.4 is 5.73 Å². The molecular weight excluding hydrogens is 246 g/mol. The van der Waals surface area contributed by atoms with Crippen LogP contribution >= 0.6 is 0 Å². The van der Waals surface area contributed by atoms with Crippen molar-refractivity contribution in [2.75, 3.05) is 0 Å². The molecule has 2 atom stereocenters. The Hall–Kier alpha value is -0.830. The van der Waals surface area contributed by atoms with Crippen LogP contribution in [0.15, 0.2) is 6.07 Å². The Morgan fingerprint density at radius 1 is 1.40 bits per heavy atom. The van der Waals surface area contributed by atoms with Crippen LogP contribution in [-0.4, -0.2) is 15.3 Å². The van der Waals surface area contributed by atoms with Crippen molar-refractivity contribution >= 4 is 0 Å². The summed E-state index contributed by atoms with van der Waals surface area (Å²) in [4.78, 5) is 0. The van der Waals surface area contributed by atoms with Crippen LogP contribution in [0.1, 0.15) is 64.3 Å². The van der Waals surface area contributed by atoms with E-state index < -0.39 is 0 Å². The van der Waals surface area contributed by atoms with E-state index in [1.165, 1.54) is 25.0 Å². The van der Waals surface area contributed by atoms with Crippen molar-refractivity contribution in [2.24, 2.45) is 17.6 Å². The highest BCUT2D eigenvalue weighted by atomic mass is 15.3. The Bertz CT molecular complexity index is 435. The van der Waals surface area contributed by atoms with E-state index >= 15 is 0 Å². The van der Waals surface area contributed by atoms with Gasteiger partial charge in [0.1, 0.15) is 0 Å². The van der Waals surface area contributed by atoms with E-state index in [1.807, 2.05) is 0 Å². The van der Waals surface area contributed by atoms with E-state index in [9.17, 15) is 0 Å². The van der Waals surface area contributed by atoms with Gasteiger partial charge in [0.2, 0.25) is 0 Å². The number of aromatic nitrogens is 2. The van der Waals surface area contributed by atoms with Crippen molar-refractivity contribution in [1.82, 2.24) is 9.78 Å². The molecule has 1 aromatic rings. The standard InChI is InChI=1S/C17H31N3/c1-5-20-16(11-14(4)19-20)12-17(18)9-6-7-15(8-10-17)13(2)3/h11,13,15H,5-10,12,18H2,1-4H3. The molecule has 20 heavy (non-hydrogen) atoms. The van der Waals surface area contributed by atoms with Crippen LogP contribution in [-0.2, 0) is 13.0 Å². The molecule has 0 saturated heterocycles. The van der Waals surface area contributed by atoms with Crippen molar-refractivity contribution in [1.29, 1.82) is 0 Å². The molecule has 114 valence electrons. The third-order valence-corrected chi connectivity index (χ3v) is 5.02. The molecule has 0 aliphatic heterocycles. The lowest BCUT2D eigenvalue weighted by Crippen LogP contribution is -2.42. The van der Waals surface area contributed by atoms with E-state index in [0.717, 1.165) is 43.3 Å². The molecule has 2 N–H and O–H groups in total. The zero-order valence-corrected chi connectivity index (χ0v) is 13.7. The van der Waals surface area contributed by atoms with Gasteiger partial charge in [-0.1, -0.05) is 26.7 Å². The maximum atomic E-state index is 6.75. The molecule has 0 amide bonds. The summed E-state index contributed by atoms with van der Waals surface area (Å²) < 4.78 is 2.12. The number of nitrogens with zero attached hydrogens (tertiary/aromatic N) is 2. The van der Waals surface area contributed by atoms with Crippen LogP contribution in [0.3, 0.4) is 0 Å². The third kappa shape index (κ3) is 3.63. The van der Waals surface area contributed by atoms with E-state index in [2.05, 4.69) is 43.5 Å². The van der Waals surface area contributed by atoms with Gasteiger partial charge in [0.15, 0.2) is 0 Å². The maximum Gasteiger partial charge on any atom is 0.0596 e. The first kappa shape index (κ1) is 15.6. The summed E-state index contributed by atoms with van der Waals surface area (Å²) in [6, 6.07) is 2.21. The van der Waals surface area contributed by atoms with Crippen LogP contribution in [0.25, 0.3) is 0 Å². The van der Waals surface area contributed by atoms with Crippen LogP contribution in [0.4, 0.5) is 0 Å². The zero-order valence-electron chi connectivity index (χ0n) is 13.7. The molecule has 0 spiro atoms. The molecule has 1 aliphatic rings. The molecule has 1 heterocycles. The van der Waals surface area contributed by atoms with Gasteiger partial charge in [-0.05, 0) is 51.0 Å². The van der Waals surface area contributed by atoms with Crippen LogP contribution in [0, 0.1) is 18.8 Å².